The average molecular weight is 331 g/mol. The van der Waals surface area contributed by atoms with Crippen LogP contribution in [0.4, 0.5) is 17.1 Å². The maximum Gasteiger partial charge on any atom is 0.280 e. The number of nitro groups is 1. The lowest BCUT2D eigenvalue weighted by Gasteiger charge is -2.21. The van der Waals surface area contributed by atoms with Gasteiger partial charge in [0.15, 0.2) is 0 Å². The molecule has 3 aromatic carbocycles. The van der Waals surface area contributed by atoms with Gasteiger partial charge in [-0.1, -0.05) is 48.5 Å². The molecule has 0 N–H and O–H groups in total. The summed E-state index contributed by atoms with van der Waals surface area (Å²) in [6.45, 7) is 0. The van der Waals surface area contributed by atoms with E-state index in [4.69, 9.17) is 0 Å². The number of hydrogen-bond acceptors (Lipinski definition) is 3. The Morgan fingerprint density at radius 3 is 2.08 bits per heavy atom. The van der Waals surface area contributed by atoms with Crippen molar-refractivity contribution in [3.05, 3.63) is 101 Å². The molecule has 0 atom stereocenters. The highest BCUT2D eigenvalue weighted by Crippen LogP contribution is 2.25. The molecule has 0 unspecified atom stereocenters. The van der Waals surface area contributed by atoms with E-state index in [1.807, 2.05) is 72.6 Å². The van der Waals surface area contributed by atoms with Crippen LogP contribution in [0.2, 0.25) is 0 Å². The van der Waals surface area contributed by atoms with Crippen molar-refractivity contribution in [3.8, 4) is 0 Å². The van der Waals surface area contributed by atoms with Gasteiger partial charge in [0.1, 0.15) is 5.84 Å². The van der Waals surface area contributed by atoms with Crippen molar-refractivity contribution < 1.29 is 4.92 Å². The number of nitrogens with zero attached hydrogens (tertiary/aromatic N) is 3. The lowest BCUT2D eigenvalue weighted by molar-refractivity contribution is -0.385. The molecule has 0 aliphatic carbocycles. The third-order valence-corrected chi connectivity index (χ3v) is 3.79. The van der Waals surface area contributed by atoms with Gasteiger partial charge in [-0.15, -0.1) is 0 Å². The fourth-order valence-corrected chi connectivity index (χ4v) is 2.54. The summed E-state index contributed by atoms with van der Waals surface area (Å²) in [6, 6.07) is 25.7. The molecule has 0 spiro atoms. The molecule has 0 heterocycles. The number of hydrogen-bond donors (Lipinski definition) is 0. The number of anilines is 1. The molecule has 0 aliphatic rings. The number of aliphatic imine (C=N–C) groups is 1. The van der Waals surface area contributed by atoms with Crippen LogP contribution in [0, 0.1) is 10.1 Å². The number of amidine groups is 1. The smallest absolute Gasteiger partial charge is 0.280 e. The van der Waals surface area contributed by atoms with Gasteiger partial charge in [0.2, 0.25) is 0 Å². The molecule has 0 amide bonds. The number of para-hydroxylation sites is 3. The maximum absolute atomic E-state index is 11.5. The summed E-state index contributed by atoms with van der Waals surface area (Å²) in [6.07, 6.45) is 0. The standard InChI is InChI=1S/C20H17N3O2/c1-22(17-12-6-3-7-13-17)20(21-16-10-4-2-5-11-16)18-14-8-9-15-19(18)23(24)25/h2-15H,1H3. The fraction of sp³-hybridized carbons (Fsp3) is 0.0500. The Kier molecular flexibility index (Phi) is 4.85. The Balaban J connectivity index is 2.17. The summed E-state index contributed by atoms with van der Waals surface area (Å²) in [5.74, 6) is 0.518. The Morgan fingerprint density at radius 1 is 0.880 bits per heavy atom. The number of nitro benzene ring substituents is 1. The summed E-state index contributed by atoms with van der Waals surface area (Å²) in [5, 5.41) is 11.5. The second kappa shape index (κ2) is 7.40. The molecule has 0 fully saturated rings. The van der Waals surface area contributed by atoms with Crippen LogP contribution in [-0.4, -0.2) is 17.8 Å². The minimum atomic E-state index is -0.380. The van der Waals surface area contributed by atoms with Crippen LogP contribution in [0.25, 0.3) is 0 Å². The summed E-state index contributed by atoms with van der Waals surface area (Å²) in [4.78, 5) is 17.6. The van der Waals surface area contributed by atoms with E-state index in [9.17, 15) is 10.1 Å². The SMILES string of the molecule is CN(C(=Nc1ccccc1)c1ccccc1[N+](=O)[O-])c1ccccc1. The minimum Gasteiger partial charge on any atom is -0.329 e. The molecule has 0 aromatic heterocycles. The first kappa shape index (κ1) is 16.4. The van der Waals surface area contributed by atoms with Crippen molar-refractivity contribution in [3.63, 3.8) is 0 Å². The molecule has 25 heavy (non-hydrogen) atoms. The van der Waals surface area contributed by atoms with Crippen molar-refractivity contribution in [2.75, 3.05) is 11.9 Å². The molecule has 124 valence electrons. The summed E-state index contributed by atoms with van der Waals surface area (Å²) >= 11 is 0. The zero-order chi connectivity index (χ0) is 17.6. The predicted molar refractivity (Wildman–Crippen MR) is 101 cm³/mol. The lowest BCUT2D eigenvalue weighted by atomic mass is 10.1. The molecular formula is C20H17N3O2. The molecule has 0 bridgehead atoms. The van der Waals surface area contributed by atoms with Gasteiger partial charge in [-0.3, -0.25) is 10.1 Å². The van der Waals surface area contributed by atoms with Crippen LogP contribution in [-0.2, 0) is 0 Å². The Morgan fingerprint density at radius 2 is 1.44 bits per heavy atom. The van der Waals surface area contributed by atoms with Gasteiger partial charge < -0.3 is 4.90 Å². The van der Waals surface area contributed by atoms with E-state index in [1.165, 1.54) is 6.07 Å². The van der Waals surface area contributed by atoms with E-state index in [0.717, 1.165) is 11.4 Å². The number of benzene rings is 3. The van der Waals surface area contributed by atoms with E-state index < -0.39 is 0 Å². The molecule has 0 saturated carbocycles. The van der Waals surface area contributed by atoms with Crippen LogP contribution in [0.15, 0.2) is 89.9 Å². The highest BCUT2D eigenvalue weighted by molar-refractivity contribution is 6.13. The fourth-order valence-electron chi connectivity index (χ4n) is 2.54. The highest BCUT2D eigenvalue weighted by atomic mass is 16.6. The average Bonchev–Trinajstić information content (AvgIpc) is 2.67. The lowest BCUT2D eigenvalue weighted by Crippen LogP contribution is -2.27. The molecular weight excluding hydrogens is 314 g/mol. The summed E-state index contributed by atoms with van der Waals surface area (Å²) in [7, 11) is 1.85. The second-order valence-corrected chi connectivity index (χ2v) is 5.44. The van der Waals surface area contributed by atoms with Crippen molar-refractivity contribution in [2.24, 2.45) is 4.99 Å². The third kappa shape index (κ3) is 3.72. The van der Waals surface area contributed by atoms with Gasteiger partial charge in [-0.2, -0.15) is 0 Å². The topological polar surface area (TPSA) is 58.7 Å². The third-order valence-electron chi connectivity index (χ3n) is 3.79. The first-order valence-corrected chi connectivity index (χ1v) is 7.83. The van der Waals surface area contributed by atoms with Gasteiger partial charge in [-0.05, 0) is 30.3 Å². The van der Waals surface area contributed by atoms with Gasteiger partial charge in [0, 0.05) is 18.8 Å². The predicted octanol–water partition coefficient (Wildman–Crippen LogP) is 4.81. The van der Waals surface area contributed by atoms with Crippen LogP contribution in [0.1, 0.15) is 5.56 Å². The summed E-state index contributed by atoms with van der Waals surface area (Å²) < 4.78 is 0. The van der Waals surface area contributed by atoms with Gasteiger partial charge in [-0.25, -0.2) is 4.99 Å². The van der Waals surface area contributed by atoms with Crippen LogP contribution < -0.4 is 4.90 Å². The Bertz CT molecular complexity index is 893. The highest BCUT2D eigenvalue weighted by Gasteiger charge is 2.21. The van der Waals surface area contributed by atoms with Crippen molar-refractivity contribution in [2.45, 2.75) is 0 Å². The van der Waals surface area contributed by atoms with Crippen molar-refractivity contribution >= 4 is 22.9 Å². The first-order chi connectivity index (χ1) is 12.2. The zero-order valence-corrected chi connectivity index (χ0v) is 13.7. The molecule has 5 nitrogen and oxygen atoms in total. The second-order valence-electron chi connectivity index (χ2n) is 5.44. The minimum absolute atomic E-state index is 0.0277. The maximum atomic E-state index is 11.5. The van der Waals surface area contributed by atoms with E-state index in [-0.39, 0.29) is 10.6 Å². The van der Waals surface area contributed by atoms with Gasteiger partial charge >= 0.3 is 0 Å². The molecule has 3 rings (SSSR count). The van der Waals surface area contributed by atoms with Crippen molar-refractivity contribution in [1.82, 2.24) is 0 Å². The monoisotopic (exact) mass is 331 g/mol. The van der Waals surface area contributed by atoms with Crippen LogP contribution >= 0.6 is 0 Å². The van der Waals surface area contributed by atoms with Crippen LogP contribution in [0.5, 0.6) is 0 Å². The van der Waals surface area contributed by atoms with E-state index in [2.05, 4.69) is 4.99 Å². The molecule has 0 radical (unpaired) electrons. The molecule has 0 saturated heterocycles. The number of rotatable bonds is 4. The van der Waals surface area contributed by atoms with E-state index >= 15 is 0 Å². The quantitative estimate of drug-likeness (QED) is 0.298. The zero-order valence-electron chi connectivity index (χ0n) is 13.7. The Labute approximate surface area is 146 Å². The van der Waals surface area contributed by atoms with Gasteiger partial charge in [0.25, 0.3) is 5.69 Å². The van der Waals surface area contributed by atoms with Gasteiger partial charge in [0.05, 0.1) is 16.2 Å². The molecule has 0 aliphatic heterocycles. The van der Waals surface area contributed by atoms with Crippen molar-refractivity contribution in [1.29, 1.82) is 0 Å². The normalized spacial score (nSPS) is 11.2. The van der Waals surface area contributed by atoms with E-state index in [0.29, 0.717) is 11.4 Å². The van der Waals surface area contributed by atoms with E-state index in [1.54, 1.807) is 18.2 Å². The summed E-state index contributed by atoms with van der Waals surface area (Å²) in [5.41, 5.74) is 2.14. The Hall–Kier alpha value is -3.47. The van der Waals surface area contributed by atoms with Crippen LogP contribution in [0.3, 0.4) is 0 Å². The largest absolute Gasteiger partial charge is 0.329 e. The first-order valence-electron chi connectivity index (χ1n) is 7.83. The molecule has 3 aromatic rings. The molecule has 5 heteroatoms.